The van der Waals surface area contributed by atoms with Gasteiger partial charge in [-0.1, -0.05) is 118 Å². The molecule has 0 spiro atoms. The lowest BCUT2D eigenvalue weighted by Gasteiger charge is -2.30. The fourth-order valence-electron chi connectivity index (χ4n) is 7.68. The summed E-state index contributed by atoms with van der Waals surface area (Å²) in [6, 6.07) is 13.5. The molecule has 22 heteroatoms. The molecule has 0 unspecified atom stereocenters. The summed E-state index contributed by atoms with van der Waals surface area (Å²) in [6.45, 7) is 16.0. The summed E-state index contributed by atoms with van der Waals surface area (Å²) in [4.78, 5) is 135. The lowest BCUT2D eigenvalue weighted by molar-refractivity contribution is -0.136. The molecule has 0 aliphatic carbocycles. The van der Waals surface area contributed by atoms with Gasteiger partial charge in [0.2, 0.25) is 35.4 Å². The van der Waals surface area contributed by atoms with Crippen molar-refractivity contribution in [2.45, 2.75) is 131 Å². The Bertz CT molecular complexity index is 2540. The topological polar surface area (TPSA) is 309 Å². The molecule has 0 aliphatic rings. The van der Waals surface area contributed by atoms with Crippen molar-refractivity contribution in [3.8, 4) is 11.5 Å². The van der Waals surface area contributed by atoms with Gasteiger partial charge in [-0.05, 0) is 72.9 Å². The van der Waals surface area contributed by atoms with Gasteiger partial charge >= 0.3 is 11.8 Å². The van der Waals surface area contributed by atoms with Crippen LogP contribution in [0.4, 0.5) is 5.69 Å². The Morgan fingerprint density at radius 2 is 1.15 bits per heavy atom. The van der Waals surface area contributed by atoms with Crippen LogP contribution in [0.2, 0.25) is 0 Å². The highest BCUT2D eigenvalue weighted by Crippen LogP contribution is 2.23. The van der Waals surface area contributed by atoms with E-state index in [1.54, 1.807) is 103 Å². The SMILES string of the molecule is CCCCOc1ccccc1C(=O)N[C@@H](C(=O)N[C@H](CCCNC(=O)C(=O)Nc1ccc(OC)c(C(=O)NNC(=O)C(C)C)c1)C(=O)N[C@H](Cc1ccccc1)C(=O)N[C@@H](C(=O)N[C@@H](C(=O)NC)C(C)C)[C@H](C)CC)C(C)C. The van der Waals surface area contributed by atoms with E-state index in [1.807, 2.05) is 13.8 Å². The first-order valence-corrected chi connectivity index (χ1v) is 26.4. The zero-order chi connectivity index (χ0) is 58.1. The molecule has 0 saturated carbocycles. The van der Waals surface area contributed by atoms with Crippen molar-refractivity contribution in [2.24, 2.45) is 23.7 Å². The zero-order valence-electron chi connectivity index (χ0n) is 46.7. The molecule has 3 aromatic rings. The van der Waals surface area contributed by atoms with Crippen molar-refractivity contribution in [2.75, 3.05) is 32.6 Å². The van der Waals surface area contributed by atoms with Crippen molar-refractivity contribution < 1.29 is 57.4 Å². The number of amides is 10. The maximum absolute atomic E-state index is 14.6. The Labute approximate surface area is 457 Å². The number of nitrogens with one attached hydrogen (secondary N) is 10. The molecule has 0 fully saturated rings. The fraction of sp³-hybridized carbons (Fsp3) is 0.500. The number of carbonyl (C=O) groups excluding carboxylic acids is 10. The summed E-state index contributed by atoms with van der Waals surface area (Å²) in [5.74, 6) is -8.52. The monoisotopic (exact) mass is 1080 g/mol. The lowest BCUT2D eigenvalue weighted by Crippen LogP contribution is -2.61. The Morgan fingerprint density at radius 1 is 0.551 bits per heavy atom. The molecular weight excluding hydrogens is 1000 g/mol. The summed E-state index contributed by atoms with van der Waals surface area (Å²) in [5.41, 5.74) is 5.40. The number of ether oxygens (including phenoxy) is 2. The molecule has 0 radical (unpaired) electrons. The third-order valence-electron chi connectivity index (χ3n) is 12.6. The fourth-order valence-corrected chi connectivity index (χ4v) is 7.68. The molecule has 0 saturated heterocycles. The second kappa shape index (κ2) is 32.5. The van der Waals surface area contributed by atoms with Crippen LogP contribution in [-0.4, -0.2) is 117 Å². The number of hydrogen-bond acceptors (Lipinski definition) is 12. The second-order valence-electron chi connectivity index (χ2n) is 19.8. The number of likely N-dealkylation sites (N-methyl/N-ethyl adjacent to an activating group) is 1. The van der Waals surface area contributed by atoms with E-state index in [0.29, 0.717) is 24.3 Å². The summed E-state index contributed by atoms with van der Waals surface area (Å²) in [5, 5.41) is 21.4. The van der Waals surface area contributed by atoms with E-state index in [2.05, 4.69) is 53.4 Å². The predicted molar refractivity (Wildman–Crippen MR) is 293 cm³/mol. The maximum Gasteiger partial charge on any atom is 0.313 e. The number of hydrazine groups is 1. The molecular formula is C56H80N10O12. The van der Waals surface area contributed by atoms with E-state index >= 15 is 0 Å². The summed E-state index contributed by atoms with van der Waals surface area (Å²) < 4.78 is 11.1. The number of methoxy groups -OCH3 is 1. The minimum atomic E-state index is -1.40. The van der Waals surface area contributed by atoms with Crippen molar-refractivity contribution in [3.05, 3.63) is 89.5 Å². The van der Waals surface area contributed by atoms with Crippen molar-refractivity contribution in [3.63, 3.8) is 0 Å². The number of para-hydroxylation sites is 1. The minimum absolute atomic E-state index is 0.0122. The number of unbranched alkanes of at least 4 members (excludes halogenated alkanes) is 1. The van der Waals surface area contributed by atoms with E-state index in [1.165, 1.54) is 32.4 Å². The number of rotatable bonds is 29. The van der Waals surface area contributed by atoms with Gasteiger partial charge in [0.05, 0.1) is 24.8 Å². The number of hydrogen-bond donors (Lipinski definition) is 10. The van der Waals surface area contributed by atoms with Crippen LogP contribution in [0, 0.1) is 23.7 Å². The van der Waals surface area contributed by atoms with Gasteiger partial charge in [0.25, 0.3) is 11.8 Å². The van der Waals surface area contributed by atoms with Gasteiger partial charge in [-0.15, -0.1) is 0 Å². The van der Waals surface area contributed by atoms with E-state index in [9.17, 15) is 47.9 Å². The van der Waals surface area contributed by atoms with E-state index in [0.717, 1.165) is 12.8 Å². The average Bonchev–Trinajstić information content (AvgIpc) is 3.42. The first-order valence-electron chi connectivity index (χ1n) is 26.4. The molecule has 22 nitrogen and oxygen atoms in total. The molecule has 3 aromatic carbocycles. The second-order valence-corrected chi connectivity index (χ2v) is 19.8. The summed E-state index contributed by atoms with van der Waals surface area (Å²) in [6.07, 6.45) is 1.85. The Morgan fingerprint density at radius 3 is 1.77 bits per heavy atom. The zero-order valence-corrected chi connectivity index (χ0v) is 46.7. The molecule has 0 bridgehead atoms. The largest absolute Gasteiger partial charge is 0.496 e. The van der Waals surface area contributed by atoms with Gasteiger partial charge in [0.15, 0.2) is 0 Å². The summed E-state index contributed by atoms with van der Waals surface area (Å²) >= 11 is 0. The van der Waals surface area contributed by atoms with E-state index < -0.39 is 107 Å². The molecule has 0 heterocycles. The molecule has 6 atom stereocenters. The van der Waals surface area contributed by atoms with Gasteiger partial charge in [-0.3, -0.25) is 58.8 Å². The normalized spacial score (nSPS) is 13.3. The highest BCUT2D eigenvalue weighted by molar-refractivity contribution is 6.39. The first kappa shape index (κ1) is 64.2. The van der Waals surface area contributed by atoms with Crippen molar-refractivity contribution in [1.82, 2.24) is 48.1 Å². The Hall–Kier alpha value is -8.04. The summed E-state index contributed by atoms with van der Waals surface area (Å²) in [7, 11) is 2.78. The standard InChI is InChI=1S/C56H80N10O12/c1-12-14-29-78-43-25-19-18-23-38(43)48(68)62-45(33(5)6)53(73)60-40(24-20-28-58-55(75)56(76)59-37-26-27-42(77-11)39(31-37)49(69)66-65-47(67)34(7)8)50(70)61-41(30-36-21-16-15-17-22-36)51(71)64-46(35(9)13-2)54(74)63-44(32(3)4)52(72)57-10/h15-19,21-23,25-27,31-35,40-41,44-46H,12-14,20,24,28-30H2,1-11H3,(H,57,72)(H,58,75)(H,59,76)(H,60,73)(H,61,70)(H,62,68)(H,63,74)(H,64,71)(H,65,67)(H,66,69)/t35-,40-,41-,44-,45-,46-/m1/s1. The molecule has 0 aromatic heterocycles. The Kier molecular flexibility index (Phi) is 26.8. The van der Waals surface area contributed by atoms with Crippen molar-refractivity contribution in [1.29, 1.82) is 0 Å². The molecule has 78 heavy (non-hydrogen) atoms. The van der Waals surface area contributed by atoms with E-state index in [-0.39, 0.29) is 54.3 Å². The van der Waals surface area contributed by atoms with Gasteiger partial charge in [0.1, 0.15) is 41.7 Å². The highest BCUT2D eigenvalue weighted by atomic mass is 16.5. The van der Waals surface area contributed by atoms with Crippen LogP contribution in [0.3, 0.4) is 0 Å². The van der Waals surface area contributed by atoms with Crippen LogP contribution >= 0.6 is 0 Å². The first-order chi connectivity index (χ1) is 37.1. The Balaban J connectivity index is 1.93. The molecule has 10 N–H and O–H groups in total. The van der Waals surface area contributed by atoms with Crippen LogP contribution < -0.4 is 62.9 Å². The van der Waals surface area contributed by atoms with Gasteiger partial charge in [0, 0.05) is 31.6 Å². The molecule has 0 aliphatic heterocycles. The van der Waals surface area contributed by atoms with Crippen LogP contribution in [-0.2, 0) is 44.8 Å². The number of benzene rings is 3. The van der Waals surface area contributed by atoms with E-state index in [4.69, 9.17) is 9.47 Å². The number of anilines is 1. The average molecular weight is 1090 g/mol. The van der Waals surface area contributed by atoms with Crippen LogP contribution in [0.5, 0.6) is 11.5 Å². The third kappa shape index (κ3) is 20.2. The molecule has 10 amide bonds. The van der Waals surface area contributed by atoms with Gasteiger partial charge in [-0.2, -0.15) is 0 Å². The smallest absolute Gasteiger partial charge is 0.313 e. The quantitative estimate of drug-likeness (QED) is 0.0272. The minimum Gasteiger partial charge on any atom is -0.496 e. The lowest BCUT2D eigenvalue weighted by atomic mass is 9.95. The molecule has 426 valence electrons. The van der Waals surface area contributed by atoms with Crippen LogP contribution in [0.1, 0.15) is 121 Å². The van der Waals surface area contributed by atoms with Crippen LogP contribution in [0.25, 0.3) is 0 Å². The maximum atomic E-state index is 14.6. The third-order valence-corrected chi connectivity index (χ3v) is 12.6. The highest BCUT2D eigenvalue weighted by Gasteiger charge is 2.35. The number of carbonyl (C=O) groups is 10. The van der Waals surface area contributed by atoms with Gasteiger partial charge < -0.3 is 52.0 Å². The van der Waals surface area contributed by atoms with Crippen molar-refractivity contribution >= 4 is 64.8 Å². The van der Waals surface area contributed by atoms with Crippen LogP contribution in [0.15, 0.2) is 72.8 Å². The van der Waals surface area contributed by atoms with Gasteiger partial charge in [-0.25, -0.2) is 0 Å². The molecule has 3 rings (SSSR count). The predicted octanol–water partition coefficient (Wildman–Crippen LogP) is 3.21.